The third kappa shape index (κ3) is 4.09. The van der Waals surface area contributed by atoms with Crippen molar-refractivity contribution in [2.24, 2.45) is 5.92 Å². The molecule has 0 radical (unpaired) electrons. The van der Waals surface area contributed by atoms with E-state index in [4.69, 9.17) is 5.26 Å². The van der Waals surface area contributed by atoms with Crippen LogP contribution in [0.3, 0.4) is 0 Å². The topological polar surface area (TPSA) is 61.2 Å². The summed E-state index contributed by atoms with van der Waals surface area (Å²) in [5.41, 5.74) is 1.55. The number of hydrogen-bond acceptors (Lipinski definition) is 3. The molecule has 1 fully saturated rings. The first-order valence-electron chi connectivity index (χ1n) is 8.64. The van der Waals surface area contributed by atoms with Gasteiger partial charge in [-0.3, -0.25) is 0 Å². The van der Waals surface area contributed by atoms with Gasteiger partial charge in [-0.15, -0.1) is 0 Å². The summed E-state index contributed by atoms with van der Waals surface area (Å²) in [6, 6.07) is 18.8. The maximum absolute atomic E-state index is 12.8. The number of nitriles is 1. The van der Waals surface area contributed by atoms with Gasteiger partial charge < -0.3 is 0 Å². The van der Waals surface area contributed by atoms with Gasteiger partial charge in [0, 0.05) is 13.1 Å². The first kappa shape index (κ1) is 17.7. The molecule has 0 atom stereocenters. The number of nitrogens with zero attached hydrogens (tertiary/aromatic N) is 2. The van der Waals surface area contributed by atoms with Crippen molar-refractivity contribution in [3.8, 4) is 6.07 Å². The predicted molar refractivity (Wildman–Crippen MR) is 97.4 cm³/mol. The molecule has 0 spiro atoms. The second-order valence-corrected chi connectivity index (χ2v) is 8.39. The lowest BCUT2D eigenvalue weighted by atomic mass is 9.91. The first-order valence-corrected chi connectivity index (χ1v) is 10.1. The molecule has 0 unspecified atom stereocenters. The molecule has 1 aliphatic heterocycles. The lowest BCUT2D eigenvalue weighted by Gasteiger charge is -2.31. The molecule has 4 nitrogen and oxygen atoms in total. The smallest absolute Gasteiger partial charge is 0.207 e. The maximum Gasteiger partial charge on any atom is 0.244 e. The molecule has 2 aromatic carbocycles. The Morgan fingerprint density at radius 2 is 1.64 bits per heavy atom. The Morgan fingerprint density at radius 1 is 1.00 bits per heavy atom. The maximum atomic E-state index is 12.8. The first-order chi connectivity index (χ1) is 12.1. The lowest BCUT2D eigenvalue weighted by Crippen LogP contribution is -2.38. The van der Waals surface area contributed by atoms with E-state index in [-0.39, 0.29) is 10.5 Å². The molecule has 1 heterocycles. The van der Waals surface area contributed by atoms with Crippen molar-refractivity contribution >= 4 is 10.0 Å². The van der Waals surface area contributed by atoms with Gasteiger partial charge in [-0.1, -0.05) is 42.5 Å². The zero-order valence-electron chi connectivity index (χ0n) is 14.1. The van der Waals surface area contributed by atoms with Crippen LogP contribution in [-0.2, 0) is 16.4 Å². The van der Waals surface area contributed by atoms with Crippen molar-refractivity contribution < 1.29 is 8.42 Å². The molecule has 3 rings (SSSR count). The molecule has 5 heteroatoms. The van der Waals surface area contributed by atoms with Crippen LogP contribution in [0, 0.1) is 17.2 Å². The quantitative estimate of drug-likeness (QED) is 0.824. The monoisotopic (exact) mass is 354 g/mol. The lowest BCUT2D eigenvalue weighted by molar-refractivity contribution is 0.263. The summed E-state index contributed by atoms with van der Waals surface area (Å²) in [5, 5.41) is 9.17. The Hall–Kier alpha value is -2.16. The van der Waals surface area contributed by atoms with E-state index in [1.807, 2.05) is 12.1 Å². The van der Waals surface area contributed by atoms with Crippen molar-refractivity contribution in [3.05, 3.63) is 65.7 Å². The number of hydrogen-bond donors (Lipinski definition) is 0. The van der Waals surface area contributed by atoms with Crippen LogP contribution in [0.2, 0.25) is 0 Å². The van der Waals surface area contributed by atoms with Crippen molar-refractivity contribution in [1.82, 2.24) is 4.31 Å². The van der Waals surface area contributed by atoms with Crippen LogP contribution < -0.4 is 0 Å². The van der Waals surface area contributed by atoms with Gasteiger partial charge in [0.2, 0.25) is 10.0 Å². The fourth-order valence-electron chi connectivity index (χ4n) is 3.38. The third-order valence-corrected chi connectivity index (χ3v) is 6.84. The standard InChI is InChI=1S/C20H22N2O2S/c21-16-19-8-4-5-9-20(19)25(23,24)22-14-12-18(13-15-22)11-10-17-6-2-1-3-7-17/h1-9,18H,10-15H2. The van der Waals surface area contributed by atoms with Gasteiger partial charge in [0.05, 0.1) is 10.5 Å². The number of aryl methyl sites for hydroxylation is 1. The normalized spacial score (nSPS) is 16.4. The molecule has 0 saturated carbocycles. The predicted octanol–water partition coefficient (Wildman–Crippen LogP) is 3.59. The molecule has 2 aromatic rings. The van der Waals surface area contributed by atoms with E-state index < -0.39 is 10.0 Å². The zero-order chi connectivity index (χ0) is 17.7. The van der Waals surface area contributed by atoms with Gasteiger partial charge >= 0.3 is 0 Å². The van der Waals surface area contributed by atoms with Crippen molar-refractivity contribution in [2.45, 2.75) is 30.6 Å². The number of rotatable bonds is 5. The Balaban J connectivity index is 1.61. The highest BCUT2D eigenvalue weighted by atomic mass is 32.2. The van der Waals surface area contributed by atoms with Gasteiger partial charge in [0.1, 0.15) is 6.07 Å². The van der Waals surface area contributed by atoms with Crippen LogP contribution >= 0.6 is 0 Å². The van der Waals surface area contributed by atoms with E-state index >= 15 is 0 Å². The molecule has 0 bridgehead atoms. The molecule has 1 aliphatic rings. The highest BCUT2D eigenvalue weighted by Crippen LogP contribution is 2.27. The SMILES string of the molecule is N#Cc1ccccc1S(=O)(=O)N1CCC(CCc2ccccc2)CC1. The van der Waals surface area contributed by atoms with Crippen molar-refractivity contribution in [3.63, 3.8) is 0 Å². The fraction of sp³-hybridized carbons (Fsp3) is 0.350. The second-order valence-electron chi connectivity index (χ2n) is 6.48. The Kier molecular flexibility index (Phi) is 5.52. The third-order valence-electron chi connectivity index (χ3n) is 4.88. The van der Waals surface area contributed by atoms with Crippen LogP contribution in [0.4, 0.5) is 0 Å². The average molecular weight is 354 g/mol. The molecule has 0 N–H and O–H groups in total. The van der Waals surface area contributed by atoms with Crippen LogP contribution in [0.15, 0.2) is 59.5 Å². The van der Waals surface area contributed by atoms with Crippen molar-refractivity contribution in [2.75, 3.05) is 13.1 Å². The van der Waals surface area contributed by atoms with Crippen LogP contribution in [0.5, 0.6) is 0 Å². The largest absolute Gasteiger partial charge is 0.244 e. The summed E-state index contributed by atoms with van der Waals surface area (Å²) in [5.74, 6) is 0.554. The van der Waals surface area contributed by atoms with Gasteiger partial charge in [-0.25, -0.2) is 8.42 Å². The van der Waals surface area contributed by atoms with E-state index in [0.29, 0.717) is 19.0 Å². The fourth-order valence-corrected chi connectivity index (χ4v) is 4.99. The highest BCUT2D eigenvalue weighted by molar-refractivity contribution is 7.89. The summed E-state index contributed by atoms with van der Waals surface area (Å²) < 4.78 is 27.2. The van der Waals surface area contributed by atoms with E-state index in [0.717, 1.165) is 25.7 Å². The summed E-state index contributed by atoms with van der Waals surface area (Å²) in [6.45, 7) is 1.06. The van der Waals surface area contributed by atoms with Crippen LogP contribution in [0.1, 0.15) is 30.4 Å². The van der Waals surface area contributed by atoms with E-state index in [9.17, 15) is 8.42 Å². The molecule has 0 aliphatic carbocycles. The Labute approximate surface area is 149 Å². The summed E-state index contributed by atoms with van der Waals surface area (Å²) >= 11 is 0. The molecule has 1 saturated heterocycles. The molecule has 0 amide bonds. The Morgan fingerprint density at radius 3 is 2.32 bits per heavy atom. The summed E-state index contributed by atoms with van der Waals surface area (Å²) in [7, 11) is -3.58. The van der Waals surface area contributed by atoms with E-state index in [1.54, 1.807) is 18.2 Å². The van der Waals surface area contributed by atoms with Gasteiger partial charge in [-0.2, -0.15) is 9.57 Å². The summed E-state index contributed by atoms with van der Waals surface area (Å²) in [6.07, 6.45) is 3.88. The molecular weight excluding hydrogens is 332 g/mol. The van der Waals surface area contributed by atoms with Crippen LogP contribution in [0.25, 0.3) is 0 Å². The Bertz CT molecular complexity index is 849. The van der Waals surface area contributed by atoms with E-state index in [2.05, 4.69) is 24.3 Å². The minimum absolute atomic E-state index is 0.125. The minimum atomic E-state index is -3.58. The molecule has 25 heavy (non-hydrogen) atoms. The summed E-state index contributed by atoms with van der Waals surface area (Å²) in [4.78, 5) is 0.125. The van der Waals surface area contributed by atoms with Crippen molar-refractivity contribution in [1.29, 1.82) is 5.26 Å². The number of piperidine rings is 1. The molecule has 0 aromatic heterocycles. The average Bonchev–Trinajstić information content (AvgIpc) is 2.67. The number of benzene rings is 2. The zero-order valence-corrected chi connectivity index (χ0v) is 15.0. The molecule has 130 valence electrons. The second kappa shape index (κ2) is 7.81. The van der Waals surface area contributed by atoms with E-state index in [1.165, 1.54) is 15.9 Å². The number of sulfonamides is 1. The minimum Gasteiger partial charge on any atom is -0.207 e. The highest BCUT2D eigenvalue weighted by Gasteiger charge is 2.30. The van der Waals surface area contributed by atoms with Crippen LogP contribution in [-0.4, -0.2) is 25.8 Å². The van der Waals surface area contributed by atoms with Gasteiger partial charge in [-0.05, 0) is 49.3 Å². The van der Waals surface area contributed by atoms with Gasteiger partial charge in [0.25, 0.3) is 0 Å². The van der Waals surface area contributed by atoms with Gasteiger partial charge in [0.15, 0.2) is 0 Å². The molecular formula is C20H22N2O2S.